The Morgan fingerprint density at radius 3 is 2.42 bits per heavy atom. The number of aliphatic carboxylic acids is 1. The van der Waals surface area contributed by atoms with Crippen molar-refractivity contribution in [3.05, 3.63) is 53.6 Å². The summed E-state index contributed by atoms with van der Waals surface area (Å²) < 4.78 is 10.1. The Morgan fingerprint density at radius 1 is 1.12 bits per heavy atom. The van der Waals surface area contributed by atoms with Crippen molar-refractivity contribution in [3.63, 3.8) is 0 Å². The Bertz CT molecular complexity index is 725. The fraction of sp³-hybridized carbons (Fsp3) is 0.222. The van der Waals surface area contributed by atoms with E-state index >= 15 is 0 Å². The third-order valence-corrected chi connectivity index (χ3v) is 4.33. The van der Waals surface area contributed by atoms with Gasteiger partial charge in [-0.05, 0) is 55.0 Å². The molecule has 2 aromatic carbocycles. The van der Waals surface area contributed by atoms with Gasteiger partial charge in [-0.1, -0.05) is 11.8 Å². The number of benzene rings is 2. The molecule has 0 unspecified atom stereocenters. The molecule has 24 heavy (non-hydrogen) atoms. The number of carbonyl (C=O) groups excluding carboxylic acids is 1. The molecule has 0 heterocycles. The number of hydrogen-bond acceptors (Lipinski definition) is 5. The highest BCUT2D eigenvalue weighted by Crippen LogP contribution is 2.32. The summed E-state index contributed by atoms with van der Waals surface area (Å²) >= 11 is 1.44. The fourth-order valence-electron chi connectivity index (χ4n) is 2.09. The third kappa shape index (κ3) is 4.76. The lowest BCUT2D eigenvalue weighted by molar-refractivity contribution is -0.136. The molecule has 0 aromatic heterocycles. The highest BCUT2D eigenvalue weighted by molar-refractivity contribution is 7.99. The van der Waals surface area contributed by atoms with E-state index in [-0.39, 0.29) is 13.0 Å². The van der Waals surface area contributed by atoms with Gasteiger partial charge in [0.1, 0.15) is 5.75 Å². The Labute approximate surface area is 144 Å². The van der Waals surface area contributed by atoms with E-state index < -0.39 is 11.9 Å². The molecule has 0 saturated heterocycles. The van der Waals surface area contributed by atoms with Gasteiger partial charge in [0.2, 0.25) is 0 Å². The molecule has 2 aromatic rings. The number of rotatable bonds is 7. The standard InChI is InChI=1S/C18H18O5S/c1-3-23-18(21)12-4-9-16(13(10-12)11-17(19)20)24-15-7-5-14(22-2)6-8-15/h4-10H,3,11H2,1-2H3,(H,19,20). The van der Waals surface area contributed by atoms with Crippen LogP contribution in [0.3, 0.4) is 0 Å². The summed E-state index contributed by atoms with van der Waals surface area (Å²) in [6.07, 6.45) is -0.161. The van der Waals surface area contributed by atoms with Crippen molar-refractivity contribution in [2.45, 2.75) is 23.1 Å². The summed E-state index contributed by atoms with van der Waals surface area (Å²) in [6.45, 7) is 2.00. The van der Waals surface area contributed by atoms with Gasteiger partial charge in [-0.15, -0.1) is 0 Å². The van der Waals surface area contributed by atoms with Gasteiger partial charge in [-0.2, -0.15) is 0 Å². The fourth-order valence-corrected chi connectivity index (χ4v) is 3.02. The van der Waals surface area contributed by atoms with E-state index in [1.165, 1.54) is 11.8 Å². The predicted octanol–water partition coefficient (Wildman–Crippen LogP) is 3.65. The van der Waals surface area contributed by atoms with Crippen molar-refractivity contribution in [3.8, 4) is 5.75 Å². The van der Waals surface area contributed by atoms with Crippen LogP contribution in [0.5, 0.6) is 5.75 Å². The smallest absolute Gasteiger partial charge is 0.338 e. The summed E-state index contributed by atoms with van der Waals surface area (Å²) in [5.41, 5.74) is 0.932. The minimum absolute atomic E-state index is 0.161. The second-order valence-corrected chi connectivity index (χ2v) is 6.01. The number of methoxy groups -OCH3 is 1. The molecule has 2 rings (SSSR count). The number of carboxylic acid groups (broad SMARTS) is 1. The van der Waals surface area contributed by atoms with Gasteiger partial charge >= 0.3 is 11.9 Å². The number of hydrogen-bond donors (Lipinski definition) is 1. The second-order valence-electron chi connectivity index (χ2n) is 4.89. The maximum atomic E-state index is 11.8. The molecule has 0 bridgehead atoms. The average molecular weight is 346 g/mol. The Hall–Kier alpha value is -2.47. The van der Waals surface area contributed by atoms with Crippen molar-refractivity contribution in [1.82, 2.24) is 0 Å². The lowest BCUT2D eigenvalue weighted by Gasteiger charge is -2.10. The van der Waals surface area contributed by atoms with Gasteiger partial charge in [0.15, 0.2) is 0 Å². The van der Waals surface area contributed by atoms with Crippen LogP contribution in [0.4, 0.5) is 0 Å². The van der Waals surface area contributed by atoms with Gasteiger partial charge in [0, 0.05) is 9.79 Å². The molecule has 126 valence electrons. The maximum absolute atomic E-state index is 11.8. The predicted molar refractivity (Wildman–Crippen MR) is 90.9 cm³/mol. The molecule has 0 saturated carbocycles. The summed E-state index contributed by atoms with van der Waals surface area (Å²) in [5, 5.41) is 9.12. The first-order valence-corrected chi connectivity index (χ1v) is 8.19. The minimum Gasteiger partial charge on any atom is -0.497 e. The van der Waals surface area contributed by atoms with Crippen molar-refractivity contribution in [2.75, 3.05) is 13.7 Å². The van der Waals surface area contributed by atoms with Crippen LogP contribution in [-0.4, -0.2) is 30.8 Å². The molecule has 0 aliphatic heterocycles. The Morgan fingerprint density at radius 2 is 1.83 bits per heavy atom. The summed E-state index contributed by atoms with van der Waals surface area (Å²) in [4.78, 5) is 24.7. The van der Waals surface area contributed by atoms with Crippen molar-refractivity contribution in [2.24, 2.45) is 0 Å². The molecule has 1 N–H and O–H groups in total. The van der Waals surface area contributed by atoms with E-state index in [9.17, 15) is 9.59 Å². The molecule has 6 heteroatoms. The van der Waals surface area contributed by atoms with Crippen molar-refractivity contribution >= 4 is 23.7 Å². The first kappa shape index (κ1) is 17.9. The van der Waals surface area contributed by atoms with Crippen LogP contribution in [0.25, 0.3) is 0 Å². The lowest BCUT2D eigenvalue weighted by atomic mass is 10.1. The van der Waals surface area contributed by atoms with Crippen LogP contribution in [-0.2, 0) is 16.0 Å². The summed E-state index contributed by atoms with van der Waals surface area (Å²) in [7, 11) is 1.60. The number of carboxylic acids is 1. The van der Waals surface area contributed by atoms with Gasteiger partial charge < -0.3 is 14.6 Å². The molecule has 0 spiro atoms. The summed E-state index contributed by atoms with van der Waals surface area (Å²) in [5.74, 6) is -0.652. The molecule has 0 atom stereocenters. The van der Waals surface area contributed by atoms with E-state index in [0.717, 1.165) is 15.5 Å². The number of esters is 1. The molecule has 5 nitrogen and oxygen atoms in total. The second kappa shape index (κ2) is 8.40. The van der Waals surface area contributed by atoms with Crippen molar-refractivity contribution in [1.29, 1.82) is 0 Å². The van der Waals surface area contributed by atoms with Crippen LogP contribution in [0.2, 0.25) is 0 Å². The minimum atomic E-state index is -0.951. The number of carbonyl (C=O) groups is 2. The molecule has 0 fully saturated rings. The topological polar surface area (TPSA) is 72.8 Å². The Kier molecular flexibility index (Phi) is 6.26. The van der Waals surface area contributed by atoms with Gasteiger partial charge in [0.05, 0.1) is 25.7 Å². The maximum Gasteiger partial charge on any atom is 0.338 e. The SMILES string of the molecule is CCOC(=O)c1ccc(Sc2ccc(OC)cc2)c(CC(=O)O)c1. The zero-order chi connectivity index (χ0) is 17.5. The Balaban J connectivity index is 2.29. The highest BCUT2D eigenvalue weighted by Gasteiger charge is 2.14. The molecular formula is C18H18O5S. The monoisotopic (exact) mass is 346 g/mol. The molecule has 0 radical (unpaired) electrons. The lowest BCUT2D eigenvalue weighted by Crippen LogP contribution is -2.07. The largest absolute Gasteiger partial charge is 0.497 e. The first-order valence-electron chi connectivity index (χ1n) is 7.37. The van der Waals surface area contributed by atoms with Crippen LogP contribution in [0.15, 0.2) is 52.3 Å². The highest BCUT2D eigenvalue weighted by atomic mass is 32.2. The van der Waals surface area contributed by atoms with Crippen LogP contribution in [0, 0.1) is 0 Å². The van der Waals surface area contributed by atoms with Crippen LogP contribution < -0.4 is 4.74 Å². The van der Waals surface area contributed by atoms with E-state index in [4.69, 9.17) is 14.6 Å². The third-order valence-electron chi connectivity index (χ3n) is 3.20. The average Bonchev–Trinajstić information content (AvgIpc) is 2.57. The number of ether oxygens (including phenoxy) is 2. The quantitative estimate of drug-likeness (QED) is 0.772. The van der Waals surface area contributed by atoms with Gasteiger partial charge in [-0.3, -0.25) is 4.79 Å². The van der Waals surface area contributed by atoms with E-state index in [2.05, 4.69) is 0 Å². The van der Waals surface area contributed by atoms with E-state index in [0.29, 0.717) is 11.1 Å². The normalized spacial score (nSPS) is 10.2. The molecular weight excluding hydrogens is 328 g/mol. The zero-order valence-corrected chi connectivity index (χ0v) is 14.3. The van der Waals surface area contributed by atoms with Crippen LogP contribution >= 0.6 is 11.8 Å². The summed E-state index contributed by atoms with van der Waals surface area (Å²) in [6, 6.07) is 12.4. The zero-order valence-electron chi connectivity index (χ0n) is 13.4. The van der Waals surface area contributed by atoms with Crippen molar-refractivity contribution < 1.29 is 24.2 Å². The van der Waals surface area contributed by atoms with E-state index in [1.54, 1.807) is 32.2 Å². The van der Waals surface area contributed by atoms with E-state index in [1.807, 2.05) is 24.3 Å². The van der Waals surface area contributed by atoms with Gasteiger partial charge in [0.25, 0.3) is 0 Å². The molecule has 0 aliphatic carbocycles. The first-order chi connectivity index (χ1) is 11.5. The molecule has 0 amide bonds. The van der Waals surface area contributed by atoms with Crippen LogP contribution in [0.1, 0.15) is 22.8 Å². The van der Waals surface area contributed by atoms with Gasteiger partial charge in [-0.25, -0.2) is 4.79 Å². The molecule has 0 aliphatic rings.